The maximum atomic E-state index is 13.4. The van der Waals surface area contributed by atoms with Gasteiger partial charge in [-0.25, -0.2) is 13.6 Å². The Morgan fingerprint density at radius 1 is 1.03 bits per heavy atom. The van der Waals surface area contributed by atoms with Crippen LogP contribution in [0.3, 0.4) is 0 Å². The number of carbonyl (C=O) groups excluding carboxylic acids is 1. The fourth-order valence-electron chi connectivity index (χ4n) is 5.04. The van der Waals surface area contributed by atoms with E-state index in [0.29, 0.717) is 41.8 Å². The van der Waals surface area contributed by atoms with Crippen LogP contribution in [0, 0.1) is 11.3 Å². The largest absolute Gasteiger partial charge is 0.508 e. The van der Waals surface area contributed by atoms with E-state index in [1.165, 1.54) is 12.1 Å². The minimum atomic E-state index is -3.89. The van der Waals surface area contributed by atoms with E-state index >= 15 is 0 Å². The minimum absolute atomic E-state index is 0.0228. The molecule has 35 heavy (non-hydrogen) atoms. The number of Topliss-reactive ketones (excluding diaryl/α,β-unsaturated/α-hetero) is 1. The monoisotopic (exact) mass is 486 g/mol. The number of benzene rings is 3. The van der Waals surface area contributed by atoms with Gasteiger partial charge in [0.2, 0.25) is 10.0 Å². The van der Waals surface area contributed by atoms with Crippen LogP contribution in [-0.2, 0) is 14.8 Å². The Hall–Kier alpha value is -4.13. The number of hydrogen-bond donors (Lipinski definition) is 3. The van der Waals surface area contributed by atoms with Gasteiger partial charge in [-0.15, -0.1) is 0 Å². The van der Waals surface area contributed by atoms with Gasteiger partial charge in [0.25, 0.3) is 0 Å². The van der Waals surface area contributed by atoms with E-state index in [1.54, 1.807) is 29.2 Å². The molecular formula is C26H22N4O4S. The van der Waals surface area contributed by atoms with Crippen molar-refractivity contribution in [2.24, 2.45) is 10.9 Å². The van der Waals surface area contributed by atoms with Crippen LogP contribution < -0.4 is 15.8 Å². The molecule has 0 saturated carbocycles. The molecule has 0 saturated heterocycles. The van der Waals surface area contributed by atoms with Gasteiger partial charge in [0.1, 0.15) is 11.6 Å². The second-order valence-electron chi connectivity index (χ2n) is 8.57. The van der Waals surface area contributed by atoms with Crippen molar-refractivity contribution in [3.63, 3.8) is 0 Å². The summed E-state index contributed by atoms with van der Waals surface area (Å²) >= 11 is 0. The van der Waals surface area contributed by atoms with E-state index < -0.39 is 15.9 Å². The SMILES string of the molecule is N#CC1=C(N)N(c2ccc(S(N)(=O)=O)cc2)C2=C(C(=O)CCC2)C1c1c(O)ccc2ccccc12. The van der Waals surface area contributed by atoms with Gasteiger partial charge in [0.15, 0.2) is 5.78 Å². The van der Waals surface area contributed by atoms with Crippen LogP contribution in [0.2, 0.25) is 0 Å². The number of nitrogens with zero attached hydrogens (tertiary/aromatic N) is 2. The molecule has 1 unspecified atom stereocenters. The van der Waals surface area contributed by atoms with E-state index in [1.807, 2.05) is 24.3 Å². The molecule has 1 heterocycles. The van der Waals surface area contributed by atoms with Crippen LogP contribution in [0.5, 0.6) is 5.75 Å². The number of ketones is 1. The molecule has 0 radical (unpaired) electrons. The zero-order valence-corrected chi connectivity index (χ0v) is 19.4. The highest BCUT2D eigenvalue weighted by Crippen LogP contribution is 2.49. The summed E-state index contributed by atoms with van der Waals surface area (Å²) in [6.07, 6.45) is 1.45. The number of nitrogens with two attached hydrogens (primary N) is 2. The Morgan fingerprint density at radius 3 is 2.43 bits per heavy atom. The van der Waals surface area contributed by atoms with Crippen LogP contribution in [0.25, 0.3) is 10.8 Å². The number of aromatic hydroxyl groups is 1. The lowest BCUT2D eigenvalue weighted by atomic mass is 9.74. The lowest BCUT2D eigenvalue weighted by molar-refractivity contribution is -0.116. The number of sulfonamides is 1. The van der Waals surface area contributed by atoms with Gasteiger partial charge in [-0.2, -0.15) is 5.26 Å². The number of anilines is 1. The van der Waals surface area contributed by atoms with Crippen molar-refractivity contribution in [3.05, 3.63) is 88.9 Å². The van der Waals surface area contributed by atoms with Crippen LogP contribution in [0.4, 0.5) is 5.69 Å². The summed E-state index contributed by atoms with van der Waals surface area (Å²) < 4.78 is 23.4. The highest BCUT2D eigenvalue weighted by Gasteiger charge is 2.41. The zero-order valence-electron chi connectivity index (χ0n) is 18.6. The number of primary sulfonamides is 1. The van der Waals surface area contributed by atoms with E-state index in [4.69, 9.17) is 10.9 Å². The molecule has 3 aromatic carbocycles. The molecule has 1 aliphatic carbocycles. The van der Waals surface area contributed by atoms with Gasteiger partial charge >= 0.3 is 0 Å². The van der Waals surface area contributed by atoms with Crippen LogP contribution in [0.1, 0.15) is 30.7 Å². The lowest BCUT2D eigenvalue weighted by Gasteiger charge is -2.40. The Kier molecular flexibility index (Phi) is 5.35. The third kappa shape index (κ3) is 3.64. The first kappa shape index (κ1) is 22.7. The number of carbonyl (C=O) groups is 1. The summed E-state index contributed by atoms with van der Waals surface area (Å²) in [5.74, 6) is -0.837. The first-order valence-corrected chi connectivity index (χ1v) is 12.6. The smallest absolute Gasteiger partial charge is 0.238 e. The third-order valence-electron chi connectivity index (χ3n) is 6.57. The lowest BCUT2D eigenvalue weighted by Crippen LogP contribution is -2.38. The van der Waals surface area contributed by atoms with Crippen molar-refractivity contribution in [2.75, 3.05) is 4.90 Å². The first-order chi connectivity index (χ1) is 16.7. The van der Waals surface area contributed by atoms with E-state index in [0.717, 1.165) is 10.8 Å². The van der Waals surface area contributed by atoms with Crippen molar-refractivity contribution < 1.29 is 18.3 Å². The summed E-state index contributed by atoms with van der Waals surface area (Å²) in [4.78, 5) is 14.9. The van der Waals surface area contributed by atoms with Crippen LogP contribution >= 0.6 is 0 Å². The molecule has 1 aliphatic heterocycles. The van der Waals surface area contributed by atoms with Crippen molar-refractivity contribution in [1.29, 1.82) is 5.26 Å². The van der Waals surface area contributed by atoms with Crippen molar-refractivity contribution >= 4 is 32.3 Å². The van der Waals surface area contributed by atoms with Gasteiger partial charge in [-0.05, 0) is 53.9 Å². The average molecular weight is 487 g/mol. The fourth-order valence-corrected chi connectivity index (χ4v) is 5.56. The Labute approximate surface area is 202 Å². The van der Waals surface area contributed by atoms with Crippen LogP contribution in [-0.4, -0.2) is 19.3 Å². The summed E-state index contributed by atoms with van der Waals surface area (Å²) in [5, 5.41) is 28.0. The number of allylic oxidation sites excluding steroid dienone is 3. The van der Waals surface area contributed by atoms with E-state index in [2.05, 4.69) is 6.07 Å². The third-order valence-corrected chi connectivity index (χ3v) is 7.50. The van der Waals surface area contributed by atoms with Crippen LogP contribution in [0.15, 0.2) is 88.2 Å². The number of phenolic OH excluding ortho intramolecular Hbond substituents is 1. The molecule has 0 fully saturated rings. The minimum Gasteiger partial charge on any atom is -0.508 e. The Bertz CT molecular complexity index is 1600. The van der Waals surface area contributed by atoms with Gasteiger partial charge in [-0.3, -0.25) is 9.69 Å². The number of phenols is 1. The van der Waals surface area contributed by atoms with Gasteiger partial charge in [0, 0.05) is 28.9 Å². The highest BCUT2D eigenvalue weighted by molar-refractivity contribution is 7.89. The molecular weight excluding hydrogens is 464 g/mol. The van der Waals surface area contributed by atoms with Crippen molar-refractivity contribution in [1.82, 2.24) is 0 Å². The summed E-state index contributed by atoms with van der Waals surface area (Å²) in [6, 6.07) is 18.8. The first-order valence-electron chi connectivity index (χ1n) is 11.0. The standard InChI is InChI=1S/C26H22N4O4S/c27-14-19-24(23-18-5-2-1-4-15(18)8-13-22(23)32)25-20(6-3-7-21(25)31)30(26(19)28)16-9-11-17(12-10-16)35(29,33)34/h1-2,4-5,8-13,24,32H,3,6-7,28H2,(H2,29,33,34). The zero-order chi connectivity index (χ0) is 24.9. The predicted octanol–water partition coefficient (Wildman–Crippen LogP) is 3.50. The second-order valence-corrected chi connectivity index (χ2v) is 10.1. The molecule has 2 aliphatic rings. The maximum Gasteiger partial charge on any atom is 0.238 e. The maximum absolute atomic E-state index is 13.4. The molecule has 3 aromatic rings. The quantitative estimate of drug-likeness (QED) is 0.512. The fraction of sp³-hybridized carbons (Fsp3) is 0.154. The number of hydrogen-bond acceptors (Lipinski definition) is 7. The Balaban J connectivity index is 1.78. The van der Waals surface area contributed by atoms with Crippen molar-refractivity contribution in [3.8, 4) is 11.8 Å². The number of nitriles is 1. The molecule has 1 atom stereocenters. The topological polar surface area (TPSA) is 151 Å². The molecule has 9 heteroatoms. The van der Waals surface area contributed by atoms with E-state index in [9.17, 15) is 23.6 Å². The van der Waals surface area contributed by atoms with E-state index in [-0.39, 0.29) is 27.8 Å². The van der Waals surface area contributed by atoms with Gasteiger partial charge in [0.05, 0.1) is 22.5 Å². The average Bonchev–Trinajstić information content (AvgIpc) is 2.83. The molecule has 5 rings (SSSR count). The summed E-state index contributed by atoms with van der Waals surface area (Å²) in [5.41, 5.74) is 8.75. The molecule has 0 spiro atoms. The van der Waals surface area contributed by atoms with Gasteiger partial charge in [-0.1, -0.05) is 30.3 Å². The Morgan fingerprint density at radius 2 is 1.74 bits per heavy atom. The molecule has 0 aromatic heterocycles. The summed E-state index contributed by atoms with van der Waals surface area (Å²) in [6.45, 7) is 0. The predicted molar refractivity (Wildman–Crippen MR) is 131 cm³/mol. The summed E-state index contributed by atoms with van der Waals surface area (Å²) in [7, 11) is -3.89. The normalized spacial score (nSPS) is 18.6. The van der Waals surface area contributed by atoms with Crippen molar-refractivity contribution in [2.45, 2.75) is 30.1 Å². The molecule has 8 nitrogen and oxygen atoms in total. The number of fused-ring (bicyclic) bond motifs is 1. The second kappa shape index (κ2) is 8.27. The molecule has 176 valence electrons. The molecule has 5 N–H and O–H groups in total. The highest BCUT2D eigenvalue weighted by atomic mass is 32.2. The molecule has 0 bridgehead atoms. The molecule has 0 amide bonds. The number of rotatable bonds is 3. The van der Waals surface area contributed by atoms with Gasteiger partial charge < -0.3 is 10.8 Å².